The summed E-state index contributed by atoms with van der Waals surface area (Å²) in [5, 5.41) is 11.3. The molecule has 0 fully saturated rings. The monoisotopic (exact) mass is 226 g/mol. The third-order valence-corrected chi connectivity index (χ3v) is 2.01. The van der Waals surface area contributed by atoms with Crippen LogP contribution < -0.4 is 11.1 Å². The molecule has 0 aromatic rings. The molecule has 0 aromatic heterocycles. The molecule has 7 heteroatoms. The summed E-state index contributed by atoms with van der Waals surface area (Å²) in [6.45, 7) is 0.527. The number of nitrogens with zero attached hydrogens (tertiary/aromatic N) is 2. The van der Waals surface area contributed by atoms with E-state index in [4.69, 9.17) is 10.8 Å². The number of nitrogens with two attached hydrogens (primary N) is 1. The molecule has 1 aliphatic heterocycles. The number of carbonyl (C=O) groups is 2. The van der Waals surface area contributed by atoms with Crippen molar-refractivity contribution in [3.05, 3.63) is 0 Å². The van der Waals surface area contributed by atoms with E-state index in [1.165, 1.54) is 6.21 Å². The smallest absolute Gasteiger partial charge is 0.326 e. The Morgan fingerprint density at radius 3 is 2.88 bits per heavy atom. The number of nitrogens with one attached hydrogen (secondary N) is 1. The molecule has 0 unspecified atom stereocenters. The first-order valence-electron chi connectivity index (χ1n) is 4.89. The number of rotatable bonds is 6. The highest BCUT2D eigenvalue weighted by Crippen LogP contribution is 2.00. The van der Waals surface area contributed by atoms with Gasteiger partial charge < -0.3 is 16.2 Å². The Bertz CT molecular complexity index is 338. The second-order valence-electron chi connectivity index (χ2n) is 3.30. The number of hydrogen-bond acceptors (Lipinski definition) is 5. The standard InChI is InChI=1S/C9H14N4O3/c10-2-1-8(14)13-7(9(15)16)3-6-4-11-5-12-6/h4,7H,1-3,5,10H2,(H,13,14)(H,15,16)/t7-/m1/s1. The minimum atomic E-state index is -1.09. The zero-order valence-electron chi connectivity index (χ0n) is 8.72. The number of aliphatic carboxylic acids is 1. The third kappa shape index (κ3) is 3.77. The Balaban J connectivity index is 2.50. The van der Waals surface area contributed by atoms with E-state index >= 15 is 0 Å². The molecule has 16 heavy (non-hydrogen) atoms. The largest absolute Gasteiger partial charge is 0.480 e. The van der Waals surface area contributed by atoms with E-state index in [2.05, 4.69) is 15.3 Å². The van der Waals surface area contributed by atoms with Gasteiger partial charge in [-0.3, -0.25) is 14.8 Å². The fourth-order valence-corrected chi connectivity index (χ4v) is 1.24. The van der Waals surface area contributed by atoms with Gasteiger partial charge in [-0.05, 0) is 0 Å². The summed E-state index contributed by atoms with van der Waals surface area (Å²) >= 11 is 0. The van der Waals surface area contributed by atoms with Crippen molar-refractivity contribution in [2.24, 2.45) is 15.7 Å². The molecule has 1 heterocycles. The highest BCUT2D eigenvalue weighted by Gasteiger charge is 2.21. The Labute approximate surface area is 92.5 Å². The van der Waals surface area contributed by atoms with Gasteiger partial charge in [-0.2, -0.15) is 0 Å². The van der Waals surface area contributed by atoms with Crippen LogP contribution >= 0.6 is 0 Å². The lowest BCUT2D eigenvalue weighted by molar-refractivity contribution is -0.141. The maximum Gasteiger partial charge on any atom is 0.326 e. The lowest BCUT2D eigenvalue weighted by Gasteiger charge is -2.13. The molecular weight excluding hydrogens is 212 g/mol. The van der Waals surface area contributed by atoms with Crippen LogP contribution in [-0.2, 0) is 9.59 Å². The molecule has 1 amide bonds. The van der Waals surface area contributed by atoms with Crippen molar-refractivity contribution in [2.75, 3.05) is 13.2 Å². The summed E-state index contributed by atoms with van der Waals surface area (Å²) in [4.78, 5) is 29.9. The van der Waals surface area contributed by atoms with E-state index in [9.17, 15) is 9.59 Å². The summed E-state index contributed by atoms with van der Waals surface area (Å²) in [6, 6.07) is -0.970. The average Bonchev–Trinajstić information content (AvgIpc) is 2.69. The number of carbonyl (C=O) groups excluding carboxylic acids is 1. The zero-order chi connectivity index (χ0) is 12.0. The van der Waals surface area contributed by atoms with Gasteiger partial charge in [0.05, 0.1) is 5.71 Å². The molecule has 0 radical (unpaired) electrons. The summed E-state index contributed by atoms with van der Waals surface area (Å²) in [7, 11) is 0. The fourth-order valence-electron chi connectivity index (χ4n) is 1.24. The first-order valence-corrected chi connectivity index (χ1v) is 4.89. The van der Waals surface area contributed by atoms with Crippen LogP contribution in [0, 0.1) is 0 Å². The van der Waals surface area contributed by atoms with E-state index in [-0.39, 0.29) is 25.3 Å². The second kappa shape index (κ2) is 5.96. The van der Waals surface area contributed by atoms with Crippen LogP contribution in [0.4, 0.5) is 0 Å². The Hall–Kier alpha value is -1.76. The van der Waals surface area contributed by atoms with Crippen LogP contribution in [0.5, 0.6) is 0 Å². The van der Waals surface area contributed by atoms with Crippen LogP contribution in [-0.4, -0.2) is 48.2 Å². The summed E-state index contributed by atoms with van der Waals surface area (Å²) in [5.41, 5.74) is 5.78. The van der Waals surface area contributed by atoms with Crippen LogP contribution in [0.1, 0.15) is 12.8 Å². The summed E-state index contributed by atoms with van der Waals surface area (Å²) in [6.07, 6.45) is 1.78. The van der Waals surface area contributed by atoms with Gasteiger partial charge in [0.1, 0.15) is 12.7 Å². The second-order valence-corrected chi connectivity index (χ2v) is 3.30. The molecular formula is C9H14N4O3. The van der Waals surface area contributed by atoms with Gasteiger partial charge in [0.25, 0.3) is 0 Å². The number of aliphatic imine (C=N–C) groups is 2. The quantitative estimate of drug-likeness (QED) is 0.526. The van der Waals surface area contributed by atoms with Crippen molar-refractivity contribution >= 4 is 23.8 Å². The minimum Gasteiger partial charge on any atom is -0.480 e. The van der Waals surface area contributed by atoms with Crippen molar-refractivity contribution < 1.29 is 14.7 Å². The third-order valence-electron chi connectivity index (χ3n) is 2.01. The van der Waals surface area contributed by atoms with E-state index in [1.807, 2.05) is 0 Å². The predicted molar refractivity (Wildman–Crippen MR) is 58.6 cm³/mol. The summed E-state index contributed by atoms with van der Waals surface area (Å²) < 4.78 is 0. The Kier molecular flexibility index (Phi) is 4.59. The lowest BCUT2D eigenvalue weighted by Crippen LogP contribution is -2.42. The van der Waals surface area contributed by atoms with Crippen molar-refractivity contribution in [2.45, 2.75) is 18.9 Å². The molecule has 0 saturated heterocycles. The fraction of sp³-hybridized carbons (Fsp3) is 0.556. The molecule has 0 spiro atoms. The van der Waals surface area contributed by atoms with E-state index in [0.717, 1.165) is 0 Å². The molecule has 4 N–H and O–H groups in total. The van der Waals surface area contributed by atoms with Crippen molar-refractivity contribution in [3.63, 3.8) is 0 Å². The number of hydrogen-bond donors (Lipinski definition) is 3. The van der Waals surface area contributed by atoms with Crippen molar-refractivity contribution in [1.82, 2.24) is 5.32 Å². The van der Waals surface area contributed by atoms with Gasteiger partial charge >= 0.3 is 5.97 Å². The van der Waals surface area contributed by atoms with Crippen molar-refractivity contribution in [3.8, 4) is 0 Å². The molecule has 0 aromatic carbocycles. The predicted octanol–water partition coefficient (Wildman–Crippen LogP) is -1.22. The zero-order valence-corrected chi connectivity index (χ0v) is 8.72. The average molecular weight is 226 g/mol. The number of carboxylic acid groups (broad SMARTS) is 1. The molecule has 1 rings (SSSR count). The molecule has 0 bridgehead atoms. The SMILES string of the molecule is NCCC(=O)N[C@H](CC1=NCN=C1)C(=O)O. The maximum atomic E-state index is 11.2. The van der Waals surface area contributed by atoms with Crippen molar-refractivity contribution in [1.29, 1.82) is 0 Å². The van der Waals surface area contributed by atoms with Crippen LogP contribution in [0.3, 0.4) is 0 Å². The molecule has 0 saturated carbocycles. The van der Waals surface area contributed by atoms with E-state index in [0.29, 0.717) is 12.4 Å². The first kappa shape index (κ1) is 12.3. The van der Waals surface area contributed by atoms with Crippen LogP contribution in [0.2, 0.25) is 0 Å². The Morgan fingerprint density at radius 2 is 2.38 bits per heavy atom. The van der Waals surface area contributed by atoms with Gasteiger partial charge in [-0.1, -0.05) is 0 Å². The highest BCUT2D eigenvalue weighted by atomic mass is 16.4. The lowest BCUT2D eigenvalue weighted by atomic mass is 10.1. The summed E-state index contributed by atoms with van der Waals surface area (Å²) in [5.74, 6) is -1.46. The maximum absolute atomic E-state index is 11.2. The number of amides is 1. The normalized spacial score (nSPS) is 15.7. The Morgan fingerprint density at radius 1 is 1.62 bits per heavy atom. The van der Waals surface area contributed by atoms with Gasteiger partial charge in [0.15, 0.2) is 0 Å². The molecule has 1 aliphatic rings. The van der Waals surface area contributed by atoms with Crippen LogP contribution in [0.25, 0.3) is 0 Å². The van der Waals surface area contributed by atoms with Gasteiger partial charge in [-0.15, -0.1) is 0 Å². The van der Waals surface area contributed by atoms with Gasteiger partial charge in [0, 0.05) is 25.6 Å². The number of carboxylic acids is 1. The van der Waals surface area contributed by atoms with Crippen LogP contribution in [0.15, 0.2) is 9.98 Å². The molecule has 7 nitrogen and oxygen atoms in total. The highest BCUT2D eigenvalue weighted by molar-refractivity contribution is 6.32. The topological polar surface area (TPSA) is 117 Å². The molecule has 1 atom stereocenters. The van der Waals surface area contributed by atoms with Gasteiger partial charge in [-0.25, -0.2) is 4.79 Å². The minimum absolute atomic E-state index is 0.115. The molecule has 88 valence electrons. The molecule has 0 aliphatic carbocycles. The van der Waals surface area contributed by atoms with E-state index in [1.54, 1.807) is 0 Å². The van der Waals surface area contributed by atoms with Gasteiger partial charge in [0.2, 0.25) is 5.91 Å². The first-order chi connectivity index (χ1) is 7.63. The van der Waals surface area contributed by atoms with E-state index < -0.39 is 12.0 Å².